The highest BCUT2D eigenvalue weighted by Gasteiger charge is 2.11. The number of unbranched alkanes of at least 4 members (excludes halogenated alkanes) is 5. The fourth-order valence-corrected chi connectivity index (χ4v) is 3.12. The Hall–Kier alpha value is -1.80. The van der Waals surface area contributed by atoms with Gasteiger partial charge in [0.2, 0.25) is 0 Å². The molecule has 0 spiro atoms. The topological polar surface area (TPSA) is 21.3 Å². The van der Waals surface area contributed by atoms with Crippen LogP contribution in [0, 0.1) is 6.92 Å². The minimum Gasteiger partial charge on any atom is -0.493 e. The van der Waals surface area contributed by atoms with Crippen LogP contribution in [-0.2, 0) is 6.54 Å². The van der Waals surface area contributed by atoms with Gasteiger partial charge in [-0.05, 0) is 31.9 Å². The molecule has 0 heterocycles. The van der Waals surface area contributed by atoms with Crippen molar-refractivity contribution < 1.29 is 4.74 Å². The predicted octanol–water partition coefficient (Wildman–Crippen LogP) is 6.59. The van der Waals surface area contributed by atoms with E-state index in [0.29, 0.717) is 0 Å². The Morgan fingerprint density at radius 1 is 0.885 bits per heavy atom. The molecule has 2 aromatic carbocycles. The number of ether oxygens (including phenoxy) is 1. The summed E-state index contributed by atoms with van der Waals surface area (Å²) in [7, 11) is 0. The van der Waals surface area contributed by atoms with Gasteiger partial charge >= 0.3 is 0 Å². The molecule has 1 N–H and O–H groups in total. The van der Waals surface area contributed by atoms with Crippen molar-refractivity contribution in [1.82, 2.24) is 5.32 Å². The normalized spacial score (nSPS) is 12.1. The smallest absolute Gasteiger partial charge is 0.124 e. The highest BCUT2D eigenvalue weighted by molar-refractivity contribution is 5.35. The molecule has 0 aliphatic heterocycles. The largest absolute Gasteiger partial charge is 0.493 e. The van der Waals surface area contributed by atoms with Crippen molar-refractivity contribution in [1.29, 1.82) is 0 Å². The van der Waals surface area contributed by atoms with E-state index in [2.05, 4.69) is 74.6 Å². The molecule has 2 aromatic rings. The van der Waals surface area contributed by atoms with Crippen LogP contribution in [0.5, 0.6) is 5.75 Å². The summed E-state index contributed by atoms with van der Waals surface area (Å²) < 4.78 is 6.09. The number of benzene rings is 2. The standard InChI is InChI=1S/C24H35NO/c1-4-5-6-7-8-11-18-26-24-13-10-9-12-23(24)21(3)25-19-22-16-14-20(2)15-17-22/h9-10,12-17,21,25H,4-8,11,18-19H2,1-3H3. The van der Waals surface area contributed by atoms with Crippen molar-refractivity contribution in [3.05, 3.63) is 65.2 Å². The molecule has 0 saturated carbocycles. The third-order valence-electron chi connectivity index (χ3n) is 4.87. The van der Waals surface area contributed by atoms with Crippen molar-refractivity contribution in [3.63, 3.8) is 0 Å². The molecule has 0 amide bonds. The Balaban J connectivity index is 1.80. The first-order valence-electron chi connectivity index (χ1n) is 10.2. The summed E-state index contributed by atoms with van der Waals surface area (Å²) in [5, 5.41) is 3.62. The molecule has 142 valence electrons. The maximum absolute atomic E-state index is 6.09. The van der Waals surface area contributed by atoms with Gasteiger partial charge in [-0.1, -0.05) is 87.1 Å². The van der Waals surface area contributed by atoms with Crippen molar-refractivity contribution in [2.75, 3.05) is 6.61 Å². The van der Waals surface area contributed by atoms with Crippen LogP contribution in [0.2, 0.25) is 0 Å². The van der Waals surface area contributed by atoms with Crippen LogP contribution < -0.4 is 10.1 Å². The van der Waals surface area contributed by atoms with Gasteiger partial charge in [-0.25, -0.2) is 0 Å². The van der Waals surface area contributed by atoms with Gasteiger partial charge in [-0.15, -0.1) is 0 Å². The van der Waals surface area contributed by atoms with E-state index in [-0.39, 0.29) is 6.04 Å². The lowest BCUT2D eigenvalue weighted by Crippen LogP contribution is -2.19. The van der Waals surface area contributed by atoms with Gasteiger partial charge in [0.15, 0.2) is 0 Å². The highest BCUT2D eigenvalue weighted by Crippen LogP contribution is 2.25. The van der Waals surface area contributed by atoms with Gasteiger partial charge in [0.1, 0.15) is 5.75 Å². The van der Waals surface area contributed by atoms with Gasteiger partial charge in [0, 0.05) is 18.2 Å². The second-order valence-electron chi connectivity index (χ2n) is 7.24. The molecule has 26 heavy (non-hydrogen) atoms. The molecule has 2 nitrogen and oxygen atoms in total. The van der Waals surface area contributed by atoms with Crippen LogP contribution in [-0.4, -0.2) is 6.61 Å². The molecule has 1 atom stereocenters. The maximum Gasteiger partial charge on any atom is 0.124 e. The zero-order valence-corrected chi connectivity index (χ0v) is 16.8. The average Bonchev–Trinajstić information content (AvgIpc) is 2.67. The molecular weight excluding hydrogens is 318 g/mol. The zero-order chi connectivity index (χ0) is 18.6. The van der Waals surface area contributed by atoms with Crippen molar-refractivity contribution in [2.45, 2.75) is 71.9 Å². The van der Waals surface area contributed by atoms with Gasteiger partial charge in [-0.2, -0.15) is 0 Å². The van der Waals surface area contributed by atoms with E-state index < -0.39 is 0 Å². The molecular formula is C24H35NO. The third kappa shape index (κ3) is 7.21. The molecule has 2 heteroatoms. The first-order valence-corrected chi connectivity index (χ1v) is 10.2. The summed E-state index contributed by atoms with van der Waals surface area (Å²) in [5.41, 5.74) is 3.86. The Morgan fingerprint density at radius 2 is 1.58 bits per heavy atom. The molecule has 0 aliphatic carbocycles. The summed E-state index contributed by atoms with van der Waals surface area (Å²) in [6.45, 7) is 8.27. The second-order valence-corrected chi connectivity index (χ2v) is 7.24. The second kappa shape index (κ2) is 11.7. The van der Waals surface area contributed by atoms with Gasteiger partial charge in [0.25, 0.3) is 0 Å². The van der Waals surface area contributed by atoms with Gasteiger partial charge in [-0.3, -0.25) is 0 Å². The van der Waals surface area contributed by atoms with E-state index in [1.165, 1.54) is 48.8 Å². The Kier molecular flexibility index (Phi) is 9.27. The fraction of sp³-hybridized carbons (Fsp3) is 0.500. The molecule has 0 radical (unpaired) electrons. The lowest BCUT2D eigenvalue weighted by molar-refractivity contribution is 0.298. The van der Waals surface area contributed by atoms with Crippen LogP contribution in [0.3, 0.4) is 0 Å². The number of aryl methyl sites for hydroxylation is 1. The summed E-state index contributed by atoms with van der Waals surface area (Å²) in [5.74, 6) is 1.02. The predicted molar refractivity (Wildman–Crippen MR) is 112 cm³/mol. The SMILES string of the molecule is CCCCCCCCOc1ccccc1C(C)NCc1ccc(C)cc1. The lowest BCUT2D eigenvalue weighted by Gasteiger charge is -2.18. The zero-order valence-electron chi connectivity index (χ0n) is 16.8. The minimum absolute atomic E-state index is 0.261. The molecule has 0 fully saturated rings. The Bertz CT molecular complexity index is 620. The number of rotatable bonds is 12. The van der Waals surface area contributed by atoms with E-state index in [0.717, 1.165) is 25.3 Å². The quantitative estimate of drug-likeness (QED) is 0.435. The Morgan fingerprint density at radius 3 is 2.35 bits per heavy atom. The van der Waals surface area contributed by atoms with Crippen LogP contribution in [0.15, 0.2) is 48.5 Å². The first-order chi connectivity index (χ1) is 12.7. The van der Waals surface area contributed by atoms with Crippen LogP contribution >= 0.6 is 0 Å². The van der Waals surface area contributed by atoms with Gasteiger partial charge < -0.3 is 10.1 Å². The molecule has 1 unspecified atom stereocenters. The third-order valence-corrected chi connectivity index (χ3v) is 4.87. The molecule has 0 saturated heterocycles. The Labute approximate surface area is 160 Å². The van der Waals surface area contributed by atoms with Crippen LogP contribution in [0.4, 0.5) is 0 Å². The fourth-order valence-electron chi connectivity index (χ4n) is 3.12. The average molecular weight is 354 g/mol. The van der Waals surface area contributed by atoms with Crippen LogP contribution in [0.1, 0.15) is 75.1 Å². The summed E-state index contributed by atoms with van der Waals surface area (Å²) in [6.07, 6.45) is 7.75. The van der Waals surface area contributed by atoms with Gasteiger partial charge in [0.05, 0.1) is 6.61 Å². The van der Waals surface area contributed by atoms with Crippen molar-refractivity contribution in [3.8, 4) is 5.75 Å². The number of para-hydroxylation sites is 1. The highest BCUT2D eigenvalue weighted by atomic mass is 16.5. The van der Waals surface area contributed by atoms with E-state index >= 15 is 0 Å². The van der Waals surface area contributed by atoms with E-state index in [4.69, 9.17) is 4.74 Å². The first kappa shape index (κ1) is 20.5. The minimum atomic E-state index is 0.261. The summed E-state index contributed by atoms with van der Waals surface area (Å²) >= 11 is 0. The van der Waals surface area contributed by atoms with Crippen molar-refractivity contribution in [2.24, 2.45) is 0 Å². The van der Waals surface area contributed by atoms with E-state index in [1.807, 2.05) is 0 Å². The maximum atomic E-state index is 6.09. The summed E-state index contributed by atoms with van der Waals surface area (Å²) in [4.78, 5) is 0. The molecule has 0 bridgehead atoms. The molecule has 0 aliphatic rings. The monoisotopic (exact) mass is 353 g/mol. The van der Waals surface area contributed by atoms with E-state index in [1.54, 1.807) is 0 Å². The number of nitrogens with one attached hydrogen (secondary N) is 1. The van der Waals surface area contributed by atoms with Crippen LogP contribution in [0.25, 0.3) is 0 Å². The number of hydrogen-bond donors (Lipinski definition) is 1. The number of hydrogen-bond acceptors (Lipinski definition) is 2. The van der Waals surface area contributed by atoms with Crippen molar-refractivity contribution >= 4 is 0 Å². The lowest BCUT2D eigenvalue weighted by atomic mass is 10.1. The molecule has 0 aromatic heterocycles. The molecule has 2 rings (SSSR count). The van der Waals surface area contributed by atoms with E-state index in [9.17, 15) is 0 Å². The summed E-state index contributed by atoms with van der Waals surface area (Å²) in [6, 6.07) is 17.4.